The van der Waals surface area contributed by atoms with Crippen LogP contribution >= 0.6 is 11.6 Å². The zero-order valence-electron chi connectivity index (χ0n) is 12.3. The van der Waals surface area contributed by atoms with Crippen molar-refractivity contribution < 1.29 is 9.47 Å². The smallest absolute Gasteiger partial charge is 0.161 e. The van der Waals surface area contributed by atoms with Gasteiger partial charge in [-0.15, -0.1) is 0 Å². The Kier molecular flexibility index (Phi) is 5.48. The van der Waals surface area contributed by atoms with E-state index in [-0.39, 0.29) is 6.04 Å². The van der Waals surface area contributed by atoms with Gasteiger partial charge in [0.15, 0.2) is 11.5 Å². The highest BCUT2D eigenvalue weighted by atomic mass is 35.5. The molecule has 0 unspecified atom stereocenters. The van der Waals surface area contributed by atoms with Crippen LogP contribution in [0.1, 0.15) is 23.6 Å². The summed E-state index contributed by atoms with van der Waals surface area (Å²) >= 11 is 5.88. The van der Waals surface area contributed by atoms with Crippen molar-refractivity contribution in [2.75, 3.05) is 14.2 Å². The van der Waals surface area contributed by atoms with Crippen molar-refractivity contribution in [1.29, 1.82) is 0 Å². The molecule has 2 aromatic rings. The van der Waals surface area contributed by atoms with Crippen molar-refractivity contribution in [3.05, 3.63) is 58.6 Å². The van der Waals surface area contributed by atoms with Crippen molar-refractivity contribution in [2.24, 2.45) is 5.73 Å². The van der Waals surface area contributed by atoms with Gasteiger partial charge in [0.2, 0.25) is 0 Å². The number of hydrogen-bond donors (Lipinski definition) is 1. The largest absolute Gasteiger partial charge is 0.493 e. The minimum absolute atomic E-state index is 0.0412. The summed E-state index contributed by atoms with van der Waals surface area (Å²) in [6, 6.07) is 13.6. The molecule has 0 saturated carbocycles. The van der Waals surface area contributed by atoms with Crippen molar-refractivity contribution in [1.82, 2.24) is 0 Å². The van der Waals surface area contributed by atoms with Crippen LogP contribution in [0.5, 0.6) is 11.5 Å². The molecule has 0 saturated heterocycles. The van der Waals surface area contributed by atoms with Crippen molar-refractivity contribution in [3.8, 4) is 11.5 Å². The van der Waals surface area contributed by atoms with E-state index < -0.39 is 0 Å². The predicted octanol–water partition coefficient (Wildman–Crippen LogP) is 3.99. The van der Waals surface area contributed by atoms with E-state index in [0.29, 0.717) is 11.5 Å². The topological polar surface area (TPSA) is 44.5 Å². The zero-order valence-corrected chi connectivity index (χ0v) is 13.1. The fraction of sp³-hybridized carbons (Fsp3) is 0.294. The Morgan fingerprint density at radius 2 is 1.67 bits per heavy atom. The molecular weight excluding hydrogens is 286 g/mol. The summed E-state index contributed by atoms with van der Waals surface area (Å²) in [5.74, 6) is 1.42. The predicted molar refractivity (Wildman–Crippen MR) is 86.2 cm³/mol. The van der Waals surface area contributed by atoms with Gasteiger partial charge in [0, 0.05) is 11.1 Å². The molecule has 2 aromatic carbocycles. The normalized spacial score (nSPS) is 12.0. The van der Waals surface area contributed by atoms with E-state index in [9.17, 15) is 0 Å². The maximum Gasteiger partial charge on any atom is 0.161 e. The molecule has 0 heterocycles. The number of hydrogen-bond acceptors (Lipinski definition) is 3. The lowest BCUT2D eigenvalue weighted by Gasteiger charge is -2.15. The van der Waals surface area contributed by atoms with Gasteiger partial charge < -0.3 is 15.2 Å². The summed E-state index contributed by atoms with van der Waals surface area (Å²) in [6.07, 6.45) is 1.77. The van der Waals surface area contributed by atoms with Gasteiger partial charge in [0.25, 0.3) is 0 Å². The van der Waals surface area contributed by atoms with Gasteiger partial charge in [0.05, 0.1) is 14.2 Å². The minimum atomic E-state index is -0.0412. The fourth-order valence-corrected chi connectivity index (χ4v) is 2.35. The number of ether oxygens (including phenoxy) is 2. The third-order valence-electron chi connectivity index (χ3n) is 3.49. The first-order valence-electron chi connectivity index (χ1n) is 6.86. The van der Waals surface area contributed by atoms with Crippen LogP contribution < -0.4 is 15.2 Å². The molecule has 4 heteroatoms. The molecule has 2 N–H and O–H groups in total. The molecular formula is C17H20ClNO2. The Morgan fingerprint density at radius 3 is 2.29 bits per heavy atom. The first-order valence-corrected chi connectivity index (χ1v) is 7.23. The van der Waals surface area contributed by atoms with Gasteiger partial charge in [-0.2, -0.15) is 0 Å². The van der Waals surface area contributed by atoms with Crippen molar-refractivity contribution in [3.63, 3.8) is 0 Å². The van der Waals surface area contributed by atoms with E-state index in [1.54, 1.807) is 14.2 Å². The number of nitrogens with two attached hydrogens (primary N) is 1. The highest BCUT2D eigenvalue weighted by Crippen LogP contribution is 2.30. The van der Waals surface area contributed by atoms with Crippen LogP contribution in [0.2, 0.25) is 5.02 Å². The van der Waals surface area contributed by atoms with Gasteiger partial charge in [0.1, 0.15) is 0 Å². The fourth-order valence-electron chi connectivity index (χ4n) is 2.22. The summed E-state index contributed by atoms with van der Waals surface area (Å²) in [4.78, 5) is 0. The SMILES string of the molecule is COc1ccc([C@H](N)CCc2ccc(Cl)cc2)cc1OC. The monoisotopic (exact) mass is 305 g/mol. The van der Waals surface area contributed by atoms with Crippen LogP contribution in [0.15, 0.2) is 42.5 Å². The summed E-state index contributed by atoms with van der Waals surface area (Å²) in [6.45, 7) is 0. The Labute approximate surface area is 130 Å². The molecule has 0 amide bonds. The second kappa shape index (κ2) is 7.34. The quantitative estimate of drug-likeness (QED) is 0.877. The minimum Gasteiger partial charge on any atom is -0.493 e. The molecule has 1 atom stereocenters. The summed E-state index contributed by atoms with van der Waals surface area (Å²) in [5.41, 5.74) is 8.54. The lowest BCUT2D eigenvalue weighted by Crippen LogP contribution is -2.11. The van der Waals surface area contributed by atoms with Gasteiger partial charge in [-0.25, -0.2) is 0 Å². The van der Waals surface area contributed by atoms with E-state index in [0.717, 1.165) is 23.4 Å². The summed E-state index contributed by atoms with van der Waals surface area (Å²) < 4.78 is 10.5. The van der Waals surface area contributed by atoms with Gasteiger partial charge >= 0.3 is 0 Å². The van der Waals surface area contributed by atoms with Crippen LogP contribution in [-0.4, -0.2) is 14.2 Å². The first kappa shape index (κ1) is 15.7. The lowest BCUT2D eigenvalue weighted by molar-refractivity contribution is 0.354. The average Bonchev–Trinajstić information content (AvgIpc) is 2.53. The van der Waals surface area contributed by atoms with Gasteiger partial charge in [-0.3, -0.25) is 0 Å². The molecule has 0 spiro atoms. The molecule has 112 valence electrons. The van der Waals surface area contributed by atoms with E-state index in [1.165, 1.54) is 5.56 Å². The summed E-state index contributed by atoms with van der Waals surface area (Å²) in [7, 11) is 3.25. The Bertz CT molecular complexity index is 584. The summed E-state index contributed by atoms with van der Waals surface area (Å²) in [5, 5.41) is 0.753. The van der Waals surface area contributed by atoms with Crippen LogP contribution in [0.4, 0.5) is 0 Å². The average molecular weight is 306 g/mol. The van der Waals surface area contributed by atoms with Crippen LogP contribution in [0, 0.1) is 0 Å². The molecule has 0 radical (unpaired) electrons. The Hall–Kier alpha value is -1.71. The van der Waals surface area contributed by atoms with Gasteiger partial charge in [-0.1, -0.05) is 29.8 Å². The molecule has 2 rings (SSSR count). The third kappa shape index (κ3) is 4.13. The molecule has 0 aliphatic rings. The van der Waals surface area contributed by atoms with E-state index in [2.05, 4.69) is 0 Å². The maximum absolute atomic E-state index is 6.27. The van der Waals surface area contributed by atoms with E-state index in [1.807, 2.05) is 42.5 Å². The lowest BCUT2D eigenvalue weighted by atomic mass is 9.99. The number of methoxy groups -OCH3 is 2. The number of halogens is 1. The molecule has 0 aliphatic carbocycles. The molecule has 0 fully saturated rings. The standard InChI is InChI=1S/C17H20ClNO2/c1-20-16-10-6-13(11-17(16)21-2)15(19)9-5-12-3-7-14(18)8-4-12/h3-4,6-8,10-11,15H,5,9,19H2,1-2H3/t15-/m1/s1. The first-order chi connectivity index (χ1) is 10.1. The van der Waals surface area contributed by atoms with Crippen LogP contribution in [0.25, 0.3) is 0 Å². The van der Waals surface area contributed by atoms with E-state index >= 15 is 0 Å². The number of rotatable bonds is 6. The second-order valence-electron chi connectivity index (χ2n) is 4.89. The maximum atomic E-state index is 6.27. The van der Waals surface area contributed by atoms with E-state index in [4.69, 9.17) is 26.8 Å². The van der Waals surface area contributed by atoms with Crippen molar-refractivity contribution >= 4 is 11.6 Å². The second-order valence-corrected chi connectivity index (χ2v) is 5.32. The molecule has 0 aliphatic heterocycles. The highest BCUT2D eigenvalue weighted by Gasteiger charge is 2.10. The number of aryl methyl sites for hydroxylation is 1. The Balaban J connectivity index is 2.02. The number of benzene rings is 2. The molecule has 0 bridgehead atoms. The zero-order chi connectivity index (χ0) is 15.2. The van der Waals surface area contributed by atoms with Crippen molar-refractivity contribution in [2.45, 2.75) is 18.9 Å². The highest BCUT2D eigenvalue weighted by molar-refractivity contribution is 6.30. The molecule has 0 aromatic heterocycles. The van der Waals surface area contributed by atoms with Crippen LogP contribution in [-0.2, 0) is 6.42 Å². The Morgan fingerprint density at radius 1 is 1.00 bits per heavy atom. The van der Waals surface area contributed by atoms with Gasteiger partial charge in [-0.05, 0) is 48.2 Å². The third-order valence-corrected chi connectivity index (χ3v) is 3.74. The molecule has 3 nitrogen and oxygen atoms in total. The van der Waals surface area contributed by atoms with Crippen LogP contribution in [0.3, 0.4) is 0 Å². The molecule has 21 heavy (non-hydrogen) atoms.